The fraction of sp³-hybridized carbons (Fsp3) is 0.500. The minimum atomic E-state index is -0.490. The summed E-state index contributed by atoms with van der Waals surface area (Å²) in [5.74, 6) is 1.53. The molecule has 2 saturated heterocycles. The summed E-state index contributed by atoms with van der Waals surface area (Å²) in [4.78, 5) is 68.3. The van der Waals surface area contributed by atoms with Crippen LogP contribution in [0.15, 0.2) is 46.2 Å². The first-order valence-electron chi connectivity index (χ1n) is 19.3. The molecule has 2 saturated carbocycles. The molecule has 2 aromatic rings. The van der Waals surface area contributed by atoms with E-state index in [0.29, 0.717) is 48.0 Å². The van der Waals surface area contributed by atoms with E-state index in [1.807, 2.05) is 0 Å². The van der Waals surface area contributed by atoms with Crippen LogP contribution in [0.2, 0.25) is 0 Å². The Balaban J connectivity index is 0.000000214. The van der Waals surface area contributed by atoms with E-state index in [-0.39, 0.29) is 32.7 Å². The molecule has 2 N–H and O–H groups in total. The standard InChI is InChI=1S/2C20H24N2O5S/c2*1-2-14(15-6-4-3-5-7-15)12-27-17-9-8-13(10-16(17)22(25)26)11-18-19(23)21-20(24)28-18/h2*8-11,14-15H,2-7,12H2,1H3,(H,21,23,24). The van der Waals surface area contributed by atoms with Crippen molar-refractivity contribution in [3.8, 4) is 11.5 Å². The van der Waals surface area contributed by atoms with Crippen LogP contribution in [0.3, 0.4) is 0 Å². The number of hydrogen-bond acceptors (Lipinski definition) is 12. The molecule has 0 spiro atoms. The van der Waals surface area contributed by atoms with Crippen molar-refractivity contribution >= 4 is 69.3 Å². The van der Waals surface area contributed by atoms with E-state index in [4.69, 9.17) is 9.47 Å². The molecule has 0 aromatic heterocycles. The molecule has 4 fully saturated rings. The summed E-state index contributed by atoms with van der Waals surface area (Å²) in [6.07, 6.45) is 17.3. The van der Waals surface area contributed by atoms with Crippen molar-refractivity contribution in [2.45, 2.75) is 90.9 Å². The number of nitro benzene ring substituents is 2. The van der Waals surface area contributed by atoms with Gasteiger partial charge in [-0.3, -0.25) is 50.0 Å². The summed E-state index contributed by atoms with van der Waals surface area (Å²) in [7, 11) is 0. The number of nitro groups is 2. The maximum Gasteiger partial charge on any atom is 0.311 e. The normalized spacial score (nSPS) is 20.2. The number of benzene rings is 2. The average molecular weight is 809 g/mol. The third-order valence-electron chi connectivity index (χ3n) is 10.8. The molecule has 56 heavy (non-hydrogen) atoms. The highest BCUT2D eigenvalue weighted by atomic mass is 32.2. The van der Waals surface area contributed by atoms with Gasteiger partial charge in [0.25, 0.3) is 22.3 Å². The monoisotopic (exact) mass is 808 g/mol. The number of carbonyl (C=O) groups excluding carboxylic acids is 4. The van der Waals surface area contributed by atoms with Gasteiger partial charge in [-0.15, -0.1) is 0 Å². The summed E-state index contributed by atoms with van der Waals surface area (Å²) in [5, 5.41) is 26.5. The zero-order valence-electron chi connectivity index (χ0n) is 31.6. The van der Waals surface area contributed by atoms with E-state index >= 15 is 0 Å². The van der Waals surface area contributed by atoms with Gasteiger partial charge in [-0.1, -0.05) is 90.2 Å². The van der Waals surface area contributed by atoms with Gasteiger partial charge in [-0.25, -0.2) is 0 Å². The second-order valence-electron chi connectivity index (χ2n) is 14.4. The first-order chi connectivity index (χ1) is 26.9. The van der Waals surface area contributed by atoms with Crippen molar-refractivity contribution in [1.82, 2.24) is 10.6 Å². The van der Waals surface area contributed by atoms with E-state index in [0.717, 1.165) is 36.4 Å². The van der Waals surface area contributed by atoms with E-state index in [9.17, 15) is 39.4 Å². The number of carbonyl (C=O) groups is 4. The molecule has 2 aliphatic carbocycles. The molecule has 4 aliphatic rings. The number of rotatable bonds is 14. The third kappa shape index (κ3) is 11.7. The lowest BCUT2D eigenvalue weighted by molar-refractivity contribution is -0.386. The summed E-state index contributed by atoms with van der Waals surface area (Å²) in [6, 6.07) is 9.21. The van der Waals surface area contributed by atoms with Gasteiger partial charge in [-0.2, -0.15) is 0 Å². The zero-order chi connectivity index (χ0) is 40.2. The van der Waals surface area contributed by atoms with Crippen LogP contribution in [0, 0.1) is 43.9 Å². The van der Waals surface area contributed by atoms with E-state index in [1.54, 1.807) is 24.3 Å². The van der Waals surface area contributed by atoms with Gasteiger partial charge in [-0.05, 0) is 95.4 Å². The van der Waals surface area contributed by atoms with Crippen molar-refractivity contribution in [2.24, 2.45) is 23.7 Å². The number of thioether (sulfide) groups is 2. The number of nitrogens with zero attached hydrogens (tertiary/aromatic N) is 2. The Morgan fingerprint density at radius 3 is 1.34 bits per heavy atom. The van der Waals surface area contributed by atoms with Crippen molar-refractivity contribution in [3.05, 3.63) is 77.6 Å². The van der Waals surface area contributed by atoms with E-state index in [1.165, 1.54) is 88.5 Å². The summed E-state index contributed by atoms with van der Waals surface area (Å²) >= 11 is 1.56. The molecular weight excluding hydrogens is 761 g/mol. The lowest BCUT2D eigenvalue weighted by atomic mass is 9.79. The molecule has 2 aromatic carbocycles. The van der Waals surface area contributed by atoms with Crippen molar-refractivity contribution in [1.29, 1.82) is 0 Å². The average Bonchev–Trinajstić information content (AvgIpc) is 3.69. The number of amides is 4. The van der Waals surface area contributed by atoms with Crippen LogP contribution in [0.25, 0.3) is 12.2 Å². The largest absolute Gasteiger partial charge is 0.487 e. The SMILES string of the molecule is CCC(COc1ccc(C=C2SC(=O)NC2=O)cc1[N+](=O)[O-])C1CCCCC1.CCC(COc1ccc(C=C2SC(=O)NC2=O)cc1[N+](=O)[O-])C1CCCCC1. The van der Waals surface area contributed by atoms with Gasteiger partial charge in [0.05, 0.1) is 32.9 Å². The summed E-state index contributed by atoms with van der Waals surface area (Å²) in [5.41, 5.74) is 0.682. The van der Waals surface area contributed by atoms with Crippen molar-refractivity contribution in [2.75, 3.05) is 13.2 Å². The summed E-state index contributed by atoms with van der Waals surface area (Å²) in [6.45, 7) is 5.21. The topological polar surface area (TPSA) is 197 Å². The number of hydrogen-bond donors (Lipinski definition) is 2. The van der Waals surface area contributed by atoms with Crippen molar-refractivity contribution < 1.29 is 38.5 Å². The molecule has 0 bridgehead atoms. The minimum Gasteiger partial charge on any atom is -0.487 e. The Morgan fingerprint density at radius 1 is 0.661 bits per heavy atom. The Bertz CT molecular complexity index is 1740. The summed E-state index contributed by atoms with van der Waals surface area (Å²) < 4.78 is 11.7. The highest BCUT2D eigenvalue weighted by Gasteiger charge is 2.29. The van der Waals surface area contributed by atoms with Crippen LogP contribution < -0.4 is 20.1 Å². The Hall–Kier alpha value is -4.70. The fourth-order valence-corrected chi connectivity index (χ4v) is 9.07. The van der Waals surface area contributed by atoms with Gasteiger partial charge in [0.15, 0.2) is 11.5 Å². The molecule has 0 radical (unpaired) electrons. The second kappa shape index (κ2) is 20.5. The molecule has 2 aliphatic heterocycles. The molecule has 14 nitrogen and oxygen atoms in total. The van der Waals surface area contributed by atoms with E-state index < -0.39 is 32.1 Å². The third-order valence-corrected chi connectivity index (χ3v) is 12.4. The van der Waals surface area contributed by atoms with Crippen LogP contribution in [-0.2, 0) is 9.59 Å². The minimum absolute atomic E-state index is 0.137. The first kappa shape index (κ1) is 42.4. The lowest BCUT2D eigenvalue weighted by Crippen LogP contribution is -2.23. The fourth-order valence-electron chi connectivity index (χ4n) is 7.70. The predicted octanol–water partition coefficient (Wildman–Crippen LogP) is 9.81. The van der Waals surface area contributed by atoms with Gasteiger partial charge in [0.1, 0.15) is 0 Å². The smallest absolute Gasteiger partial charge is 0.311 e. The van der Waals surface area contributed by atoms with Crippen LogP contribution in [0.5, 0.6) is 11.5 Å². The molecule has 4 amide bonds. The molecule has 16 heteroatoms. The first-order valence-corrected chi connectivity index (χ1v) is 20.9. The number of nitrogens with one attached hydrogen (secondary N) is 2. The highest BCUT2D eigenvalue weighted by Crippen LogP contribution is 2.37. The predicted molar refractivity (Wildman–Crippen MR) is 216 cm³/mol. The second-order valence-corrected chi connectivity index (χ2v) is 16.5. The van der Waals surface area contributed by atoms with Crippen LogP contribution in [-0.4, -0.2) is 45.4 Å². The number of imide groups is 2. The maximum atomic E-state index is 11.7. The van der Waals surface area contributed by atoms with Gasteiger partial charge in [0.2, 0.25) is 0 Å². The molecular formula is C40H48N4O10S2. The van der Waals surface area contributed by atoms with Gasteiger partial charge < -0.3 is 9.47 Å². The Kier molecular flexibility index (Phi) is 15.5. The Labute approximate surface area is 334 Å². The van der Waals surface area contributed by atoms with Gasteiger partial charge >= 0.3 is 11.4 Å². The van der Waals surface area contributed by atoms with Crippen LogP contribution in [0.1, 0.15) is 102 Å². The van der Waals surface area contributed by atoms with Crippen LogP contribution in [0.4, 0.5) is 21.0 Å². The molecule has 2 unspecified atom stereocenters. The molecule has 300 valence electrons. The molecule has 2 heterocycles. The maximum absolute atomic E-state index is 11.7. The molecule has 2 atom stereocenters. The van der Waals surface area contributed by atoms with Crippen molar-refractivity contribution in [3.63, 3.8) is 0 Å². The zero-order valence-corrected chi connectivity index (χ0v) is 33.3. The van der Waals surface area contributed by atoms with Gasteiger partial charge in [0, 0.05) is 12.1 Å². The highest BCUT2D eigenvalue weighted by molar-refractivity contribution is 8.18. The lowest BCUT2D eigenvalue weighted by Gasteiger charge is -2.29. The quantitative estimate of drug-likeness (QED) is 0.104. The Morgan fingerprint density at radius 2 is 1.04 bits per heavy atom. The molecule has 6 rings (SSSR count). The van der Waals surface area contributed by atoms with E-state index in [2.05, 4.69) is 24.5 Å². The van der Waals surface area contributed by atoms with Crippen LogP contribution >= 0.6 is 23.5 Å². The number of ether oxygens (including phenoxy) is 2.